The van der Waals surface area contributed by atoms with Crippen molar-refractivity contribution < 1.29 is 4.79 Å². The van der Waals surface area contributed by atoms with Crippen molar-refractivity contribution in [2.75, 3.05) is 0 Å². The molecule has 0 bridgehead atoms. The second-order valence-electron chi connectivity index (χ2n) is 7.05. The summed E-state index contributed by atoms with van der Waals surface area (Å²) in [6.45, 7) is 0. The summed E-state index contributed by atoms with van der Waals surface area (Å²) in [7, 11) is 2.05. The van der Waals surface area contributed by atoms with Gasteiger partial charge < -0.3 is 4.57 Å². The molecule has 134 valence electrons. The summed E-state index contributed by atoms with van der Waals surface area (Å²) in [6, 6.07) is 28.6. The Morgan fingerprint density at radius 3 is 2.33 bits per heavy atom. The lowest BCUT2D eigenvalue weighted by atomic mass is 9.85. The Bertz CT molecular complexity index is 1050. The Morgan fingerprint density at radius 2 is 1.59 bits per heavy atom. The Hall–Kier alpha value is -3.13. The van der Waals surface area contributed by atoms with Crippen molar-refractivity contribution in [2.24, 2.45) is 7.05 Å². The lowest BCUT2D eigenvalue weighted by Crippen LogP contribution is -2.14. The van der Waals surface area contributed by atoms with E-state index in [0.717, 1.165) is 24.0 Å². The normalized spacial score (nSPS) is 12.2. The number of hydrogen-bond acceptors (Lipinski definition) is 1. The van der Waals surface area contributed by atoms with E-state index in [4.69, 9.17) is 0 Å². The van der Waals surface area contributed by atoms with Crippen LogP contribution < -0.4 is 0 Å². The van der Waals surface area contributed by atoms with E-state index in [1.54, 1.807) is 0 Å². The minimum atomic E-state index is -0.141. The SMILES string of the molecule is Cn1ccc2cc([C@H](CCc3ccccc3)C(=O)c3ccccc3)ccc21. The van der Waals surface area contributed by atoms with E-state index in [-0.39, 0.29) is 11.7 Å². The van der Waals surface area contributed by atoms with Crippen LogP contribution in [0, 0.1) is 0 Å². The third-order valence-electron chi connectivity index (χ3n) is 5.25. The number of nitrogens with zero attached hydrogens (tertiary/aromatic N) is 1. The zero-order valence-corrected chi connectivity index (χ0v) is 15.5. The van der Waals surface area contributed by atoms with E-state index in [9.17, 15) is 4.79 Å². The van der Waals surface area contributed by atoms with Crippen molar-refractivity contribution in [1.29, 1.82) is 0 Å². The first kappa shape index (κ1) is 17.3. The van der Waals surface area contributed by atoms with Gasteiger partial charge in [0.25, 0.3) is 0 Å². The summed E-state index contributed by atoms with van der Waals surface area (Å²) in [4.78, 5) is 13.3. The summed E-state index contributed by atoms with van der Waals surface area (Å²) in [5.41, 5.74) is 4.33. The lowest BCUT2D eigenvalue weighted by molar-refractivity contribution is 0.0955. The quantitative estimate of drug-likeness (QED) is 0.403. The maximum Gasteiger partial charge on any atom is 0.170 e. The highest BCUT2D eigenvalue weighted by molar-refractivity contribution is 6.01. The molecule has 0 aliphatic heterocycles. The van der Waals surface area contributed by atoms with Crippen molar-refractivity contribution in [2.45, 2.75) is 18.8 Å². The van der Waals surface area contributed by atoms with E-state index in [1.165, 1.54) is 16.5 Å². The average Bonchev–Trinajstić information content (AvgIpc) is 3.10. The first-order valence-electron chi connectivity index (χ1n) is 9.40. The zero-order valence-electron chi connectivity index (χ0n) is 15.5. The molecule has 0 N–H and O–H groups in total. The number of aryl methyl sites for hydroxylation is 2. The molecule has 3 aromatic carbocycles. The molecule has 0 radical (unpaired) electrons. The van der Waals surface area contributed by atoms with Crippen LogP contribution in [-0.4, -0.2) is 10.4 Å². The minimum Gasteiger partial charge on any atom is -0.351 e. The number of fused-ring (bicyclic) bond motifs is 1. The summed E-state index contributed by atoms with van der Waals surface area (Å²) in [5, 5.41) is 1.18. The molecule has 1 aromatic heterocycles. The Balaban J connectivity index is 1.68. The highest BCUT2D eigenvalue weighted by Crippen LogP contribution is 2.29. The van der Waals surface area contributed by atoms with Gasteiger partial charge in [-0.15, -0.1) is 0 Å². The number of ketones is 1. The van der Waals surface area contributed by atoms with Crippen LogP contribution in [0.1, 0.15) is 33.8 Å². The number of carbonyl (C=O) groups is 1. The molecule has 0 saturated heterocycles. The van der Waals surface area contributed by atoms with Gasteiger partial charge in [-0.05, 0) is 47.6 Å². The van der Waals surface area contributed by atoms with Crippen molar-refractivity contribution >= 4 is 16.7 Å². The molecule has 4 rings (SSSR count). The zero-order chi connectivity index (χ0) is 18.6. The molecule has 1 atom stereocenters. The van der Waals surface area contributed by atoms with Crippen LogP contribution in [0.25, 0.3) is 10.9 Å². The Labute approximate surface area is 160 Å². The third kappa shape index (κ3) is 3.70. The second-order valence-corrected chi connectivity index (χ2v) is 7.05. The van der Waals surface area contributed by atoms with Crippen LogP contribution in [0.4, 0.5) is 0 Å². The van der Waals surface area contributed by atoms with Gasteiger partial charge in [-0.2, -0.15) is 0 Å². The molecule has 0 fully saturated rings. The lowest BCUT2D eigenvalue weighted by Gasteiger charge is -2.17. The van der Waals surface area contributed by atoms with Crippen LogP contribution in [0.2, 0.25) is 0 Å². The van der Waals surface area contributed by atoms with Gasteiger partial charge in [-0.25, -0.2) is 0 Å². The molecule has 2 heteroatoms. The number of hydrogen-bond donors (Lipinski definition) is 0. The molecular formula is C25H23NO. The van der Waals surface area contributed by atoms with E-state index in [2.05, 4.69) is 59.3 Å². The smallest absolute Gasteiger partial charge is 0.170 e. The molecular weight excluding hydrogens is 330 g/mol. The number of rotatable bonds is 6. The number of aromatic nitrogens is 1. The number of Topliss-reactive ketones (excluding diaryl/α,β-unsaturated/α-hetero) is 1. The predicted molar refractivity (Wildman–Crippen MR) is 111 cm³/mol. The molecule has 0 saturated carbocycles. The fraction of sp³-hybridized carbons (Fsp3) is 0.160. The first-order valence-corrected chi connectivity index (χ1v) is 9.40. The molecule has 0 aliphatic rings. The van der Waals surface area contributed by atoms with E-state index < -0.39 is 0 Å². The van der Waals surface area contributed by atoms with Crippen molar-refractivity contribution in [3.8, 4) is 0 Å². The summed E-state index contributed by atoms with van der Waals surface area (Å²) >= 11 is 0. The van der Waals surface area contributed by atoms with Crippen LogP contribution in [0.5, 0.6) is 0 Å². The molecule has 27 heavy (non-hydrogen) atoms. The van der Waals surface area contributed by atoms with Crippen molar-refractivity contribution in [3.63, 3.8) is 0 Å². The Morgan fingerprint density at radius 1 is 0.889 bits per heavy atom. The predicted octanol–water partition coefficient (Wildman–Crippen LogP) is 5.78. The van der Waals surface area contributed by atoms with Gasteiger partial charge in [0, 0.05) is 30.2 Å². The van der Waals surface area contributed by atoms with Gasteiger partial charge in [0.15, 0.2) is 5.78 Å². The molecule has 0 unspecified atom stereocenters. The first-order chi connectivity index (χ1) is 13.2. The van der Waals surface area contributed by atoms with Gasteiger partial charge in [-0.3, -0.25) is 4.79 Å². The minimum absolute atomic E-state index is 0.141. The standard InChI is InChI=1S/C25H23NO/c1-26-17-16-22-18-21(13-15-24(22)26)23(14-12-19-8-4-2-5-9-19)25(27)20-10-6-3-7-11-20/h2-11,13,15-18,23H,12,14H2,1H3/t23-/m0/s1. The summed E-state index contributed by atoms with van der Waals surface area (Å²) in [5.74, 6) is 0.0547. The molecule has 1 heterocycles. The largest absolute Gasteiger partial charge is 0.351 e. The molecule has 4 aromatic rings. The van der Waals surface area contributed by atoms with Gasteiger partial charge in [0.05, 0.1) is 0 Å². The van der Waals surface area contributed by atoms with Crippen LogP contribution in [0.3, 0.4) is 0 Å². The van der Waals surface area contributed by atoms with Crippen molar-refractivity contribution in [3.05, 3.63) is 108 Å². The molecule has 0 aliphatic carbocycles. The van der Waals surface area contributed by atoms with Gasteiger partial charge in [0.2, 0.25) is 0 Å². The van der Waals surface area contributed by atoms with Crippen LogP contribution >= 0.6 is 0 Å². The maximum absolute atomic E-state index is 13.3. The topological polar surface area (TPSA) is 22.0 Å². The fourth-order valence-electron chi connectivity index (χ4n) is 3.73. The second kappa shape index (κ2) is 7.63. The maximum atomic E-state index is 13.3. The fourth-order valence-corrected chi connectivity index (χ4v) is 3.73. The van der Waals surface area contributed by atoms with E-state index in [1.807, 2.05) is 43.4 Å². The van der Waals surface area contributed by atoms with Crippen LogP contribution in [-0.2, 0) is 13.5 Å². The summed E-state index contributed by atoms with van der Waals surface area (Å²) < 4.78 is 2.11. The van der Waals surface area contributed by atoms with Gasteiger partial charge >= 0.3 is 0 Å². The Kier molecular flexibility index (Phi) is 4.88. The van der Waals surface area contributed by atoms with Gasteiger partial charge in [0.1, 0.15) is 0 Å². The van der Waals surface area contributed by atoms with Crippen molar-refractivity contribution in [1.82, 2.24) is 4.57 Å². The number of benzene rings is 3. The molecule has 2 nitrogen and oxygen atoms in total. The average molecular weight is 353 g/mol. The summed E-state index contributed by atoms with van der Waals surface area (Å²) in [6.07, 6.45) is 3.75. The molecule has 0 spiro atoms. The van der Waals surface area contributed by atoms with Crippen LogP contribution in [0.15, 0.2) is 91.1 Å². The number of carbonyl (C=O) groups excluding carboxylic acids is 1. The third-order valence-corrected chi connectivity index (χ3v) is 5.25. The van der Waals surface area contributed by atoms with Gasteiger partial charge in [-0.1, -0.05) is 66.7 Å². The highest BCUT2D eigenvalue weighted by atomic mass is 16.1. The monoisotopic (exact) mass is 353 g/mol. The molecule has 0 amide bonds. The van der Waals surface area contributed by atoms with E-state index in [0.29, 0.717) is 0 Å². The highest BCUT2D eigenvalue weighted by Gasteiger charge is 2.22. The van der Waals surface area contributed by atoms with E-state index >= 15 is 0 Å².